The molecule has 0 radical (unpaired) electrons. The molecule has 0 aliphatic carbocycles. The second-order valence-electron chi connectivity index (χ2n) is 5.06. The number of nitrogens with one attached hydrogen (secondary N) is 1. The van der Waals surface area contributed by atoms with Crippen molar-refractivity contribution >= 4 is 17.3 Å². The van der Waals surface area contributed by atoms with Crippen LogP contribution in [0.3, 0.4) is 0 Å². The smallest absolute Gasteiger partial charge is 0.0642 e. The van der Waals surface area contributed by atoms with Crippen LogP contribution in [0.1, 0.15) is 24.1 Å². The molecule has 0 bridgehead atoms. The Bertz CT molecular complexity index is 554. The summed E-state index contributed by atoms with van der Waals surface area (Å²) in [6.07, 6.45) is 0. The van der Waals surface area contributed by atoms with Gasteiger partial charge in [0, 0.05) is 19.6 Å². The first-order chi connectivity index (χ1) is 9.61. The number of halogens is 1. The monoisotopic (exact) mass is 288 g/mol. The van der Waals surface area contributed by atoms with Crippen LogP contribution in [0.5, 0.6) is 0 Å². The standard InChI is InChI=1S/C17H21ClN2/c1-13(19-2)15-9-10-17(16(18)11-15)20(3)12-14-7-5-4-6-8-14/h4-11,13,19H,12H2,1-3H3. The number of nitrogens with zero attached hydrogens (tertiary/aromatic N) is 1. The molecule has 0 saturated heterocycles. The summed E-state index contributed by atoms with van der Waals surface area (Å²) in [6.45, 7) is 2.97. The lowest BCUT2D eigenvalue weighted by Gasteiger charge is -2.22. The van der Waals surface area contributed by atoms with Crippen LogP contribution in [0.2, 0.25) is 5.02 Å². The molecule has 0 fully saturated rings. The zero-order chi connectivity index (χ0) is 14.5. The van der Waals surface area contributed by atoms with E-state index in [1.54, 1.807) is 0 Å². The lowest BCUT2D eigenvalue weighted by molar-refractivity contribution is 0.652. The number of anilines is 1. The second kappa shape index (κ2) is 6.78. The van der Waals surface area contributed by atoms with E-state index in [0.29, 0.717) is 6.04 Å². The Balaban J connectivity index is 2.16. The summed E-state index contributed by atoms with van der Waals surface area (Å²) >= 11 is 6.42. The molecule has 20 heavy (non-hydrogen) atoms. The molecule has 1 N–H and O–H groups in total. The normalized spacial score (nSPS) is 12.2. The molecule has 2 rings (SSSR count). The highest BCUT2D eigenvalue weighted by Crippen LogP contribution is 2.29. The molecule has 0 heterocycles. The highest BCUT2D eigenvalue weighted by Gasteiger charge is 2.10. The number of hydrogen-bond acceptors (Lipinski definition) is 2. The van der Waals surface area contributed by atoms with Crippen LogP contribution in [0.4, 0.5) is 5.69 Å². The largest absolute Gasteiger partial charge is 0.369 e. The Morgan fingerprint density at radius 1 is 1.15 bits per heavy atom. The molecular formula is C17H21ClN2. The van der Waals surface area contributed by atoms with Crippen molar-refractivity contribution in [3.05, 3.63) is 64.7 Å². The van der Waals surface area contributed by atoms with Crippen molar-refractivity contribution in [2.24, 2.45) is 0 Å². The summed E-state index contributed by atoms with van der Waals surface area (Å²) in [7, 11) is 4.02. The molecule has 1 atom stereocenters. The summed E-state index contributed by atoms with van der Waals surface area (Å²) < 4.78 is 0. The average molecular weight is 289 g/mol. The summed E-state index contributed by atoms with van der Waals surface area (Å²) in [5, 5.41) is 4.02. The zero-order valence-electron chi connectivity index (χ0n) is 12.2. The van der Waals surface area contributed by atoms with Gasteiger partial charge in [0.25, 0.3) is 0 Å². The van der Waals surface area contributed by atoms with Crippen molar-refractivity contribution < 1.29 is 0 Å². The molecule has 0 aliphatic rings. The van der Waals surface area contributed by atoms with Crippen molar-refractivity contribution in [1.29, 1.82) is 0 Å². The molecule has 0 amide bonds. The quantitative estimate of drug-likeness (QED) is 0.884. The fourth-order valence-electron chi connectivity index (χ4n) is 2.21. The van der Waals surface area contributed by atoms with E-state index in [1.807, 2.05) is 19.2 Å². The Morgan fingerprint density at radius 2 is 1.85 bits per heavy atom. The van der Waals surface area contributed by atoms with Gasteiger partial charge in [-0.05, 0) is 37.2 Å². The summed E-state index contributed by atoms with van der Waals surface area (Å²) in [5.74, 6) is 0. The van der Waals surface area contributed by atoms with E-state index < -0.39 is 0 Å². The van der Waals surface area contributed by atoms with Gasteiger partial charge in [0.05, 0.1) is 10.7 Å². The maximum atomic E-state index is 6.42. The van der Waals surface area contributed by atoms with Gasteiger partial charge in [-0.25, -0.2) is 0 Å². The summed E-state index contributed by atoms with van der Waals surface area (Å²) in [5.41, 5.74) is 3.54. The van der Waals surface area contributed by atoms with Gasteiger partial charge in [-0.3, -0.25) is 0 Å². The van der Waals surface area contributed by atoms with Gasteiger partial charge in [-0.2, -0.15) is 0 Å². The molecule has 3 heteroatoms. The Hall–Kier alpha value is -1.51. The third kappa shape index (κ3) is 3.53. The van der Waals surface area contributed by atoms with Gasteiger partial charge in [0.2, 0.25) is 0 Å². The molecular weight excluding hydrogens is 268 g/mol. The lowest BCUT2D eigenvalue weighted by atomic mass is 10.1. The predicted octanol–water partition coefficient (Wildman–Crippen LogP) is 4.26. The topological polar surface area (TPSA) is 15.3 Å². The van der Waals surface area contributed by atoms with Gasteiger partial charge < -0.3 is 10.2 Å². The third-order valence-corrected chi connectivity index (χ3v) is 3.88. The zero-order valence-corrected chi connectivity index (χ0v) is 13.0. The van der Waals surface area contributed by atoms with Gasteiger partial charge >= 0.3 is 0 Å². The van der Waals surface area contributed by atoms with Gasteiger partial charge in [-0.15, -0.1) is 0 Å². The lowest BCUT2D eigenvalue weighted by Crippen LogP contribution is -2.17. The fraction of sp³-hybridized carbons (Fsp3) is 0.294. The van der Waals surface area contributed by atoms with Crippen LogP contribution in [0.25, 0.3) is 0 Å². The molecule has 0 aliphatic heterocycles. The van der Waals surface area contributed by atoms with E-state index in [0.717, 1.165) is 17.3 Å². The number of benzene rings is 2. The Kier molecular flexibility index (Phi) is 5.05. The molecule has 0 aromatic heterocycles. The van der Waals surface area contributed by atoms with Gasteiger partial charge in [-0.1, -0.05) is 48.0 Å². The first-order valence-electron chi connectivity index (χ1n) is 6.83. The SMILES string of the molecule is CNC(C)c1ccc(N(C)Cc2ccccc2)c(Cl)c1. The van der Waals surface area contributed by atoms with Gasteiger partial charge in [0.15, 0.2) is 0 Å². The van der Waals surface area contributed by atoms with Crippen molar-refractivity contribution in [2.75, 3.05) is 19.0 Å². The molecule has 2 aromatic rings. The summed E-state index contributed by atoms with van der Waals surface area (Å²) in [6, 6.07) is 17.0. The highest BCUT2D eigenvalue weighted by molar-refractivity contribution is 6.33. The van der Waals surface area contributed by atoms with E-state index in [1.165, 1.54) is 11.1 Å². The number of rotatable bonds is 5. The van der Waals surface area contributed by atoms with Crippen LogP contribution in [0, 0.1) is 0 Å². The van der Waals surface area contributed by atoms with Crippen LogP contribution < -0.4 is 10.2 Å². The molecule has 1 unspecified atom stereocenters. The predicted molar refractivity (Wildman–Crippen MR) is 87.5 cm³/mol. The van der Waals surface area contributed by atoms with Crippen molar-refractivity contribution in [3.63, 3.8) is 0 Å². The first-order valence-corrected chi connectivity index (χ1v) is 7.21. The number of hydrogen-bond donors (Lipinski definition) is 1. The van der Waals surface area contributed by atoms with Crippen molar-refractivity contribution in [1.82, 2.24) is 5.32 Å². The summed E-state index contributed by atoms with van der Waals surface area (Å²) in [4.78, 5) is 2.17. The van der Waals surface area contributed by atoms with E-state index >= 15 is 0 Å². The maximum absolute atomic E-state index is 6.42. The van der Waals surface area contributed by atoms with Crippen molar-refractivity contribution in [3.8, 4) is 0 Å². The molecule has 2 aromatic carbocycles. The van der Waals surface area contributed by atoms with Crippen molar-refractivity contribution in [2.45, 2.75) is 19.5 Å². The Labute approximate surface area is 126 Å². The van der Waals surface area contributed by atoms with E-state index in [2.05, 4.69) is 60.6 Å². The fourth-order valence-corrected chi connectivity index (χ4v) is 2.54. The Morgan fingerprint density at radius 3 is 2.45 bits per heavy atom. The molecule has 106 valence electrons. The van der Waals surface area contributed by atoms with Crippen LogP contribution in [-0.4, -0.2) is 14.1 Å². The minimum atomic E-state index is 0.306. The first kappa shape index (κ1) is 14.9. The van der Waals surface area contributed by atoms with E-state index in [9.17, 15) is 0 Å². The molecule has 0 spiro atoms. The van der Waals surface area contributed by atoms with E-state index in [4.69, 9.17) is 11.6 Å². The minimum Gasteiger partial charge on any atom is -0.369 e. The molecule has 0 saturated carbocycles. The highest BCUT2D eigenvalue weighted by atomic mass is 35.5. The molecule has 2 nitrogen and oxygen atoms in total. The third-order valence-electron chi connectivity index (χ3n) is 3.58. The second-order valence-corrected chi connectivity index (χ2v) is 5.47. The minimum absolute atomic E-state index is 0.306. The van der Waals surface area contributed by atoms with Crippen LogP contribution in [-0.2, 0) is 6.54 Å². The van der Waals surface area contributed by atoms with Crippen LogP contribution >= 0.6 is 11.6 Å². The van der Waals surface area contributed by atoms with Gasteiger partial charge in [0.1, 0.15) is 0 Å². The van der Waals surface area contributed by atoms with Crippen LogP contribution in [0.15, 0.2) is 48.5 Å². The maximum Gasteiger partial charge on any atom is 0.0642 e. The van der Waals surface area contributed by atoms with E-state index in [-0.39, 0.29) is 0 Å². The average Bonchev–Trinajstić information content (AvgIpc) is 2.47.